The van der Waals surface area contributed by atoms with Crippen molar-refractivity contribution >= 4 is 49.7 Å². The molecule has 0 fully saturated rings. The van der Waals surface area contributed by atoms with E-state index in [1.165, 1.54) is 30.5 Å². The minimum absolute atomic E-state index is 0.0429. The first-order valence-electron chi connectivity index (χ1n) is 7.85. The van der Waals surface area contributed by atoms with Gasteiger partial charge >= 0.3 is 0 Å². The molecule has 7 nitrogen and oxygen atoms in total. The topological polar surface area (TPSA) is 101 Å². The van der Waals surface area contributed by atoms with Crippen LogP contribution in [0.1, 0.15) is 12.6 Å². The Morgan fingerprint density at radius 1 is 1.25 bits per heavy atom. The standard InChI is InChI=1S/C17H14ClFN4O3S2/c1-9-15(27-17(21-9)22-10(2)24)11-7-14(16(18)20-8-11)23-28(25,26)13-5-3-12(19)4-6-13/h3-8,23H,1-2H3,(H,21,22,24). The molecular weight excluding hydrogens is 427 g/mol. The lowest BCUT2D eigenvalue weighted by atomic mass is 10.2. The number of amides is 1. The average Bonchev–Trinajstić information content (AvgIpc) is 2.96. The average molecular weight is 441 g/mol. The monoisotopic (exact) mass is 440 g/mol. The minimum Gasteiger partial charge on any atom is -0.302 e. The molecule has 0 aliphatic carbocycles. The fraction of sp³-hybridized carbons (Fsp3) is 0.118. The van der Waals surface area contributed by atoms with Crippen LogP contribution in [0.3, 0.4) is 0 Å². The summed E-state index contributed by atoms with van der Waals surface area (Å²) in [5, 5.41) is 2.98. The van der Waals surface area contributed by atoms with Gasteiger partial charge in [-0.1, -0.05) is 22.9 Å². The number of benzene rings is 1. The van der Waals surface area contributed by atoms with Crippen molar-refractivity contribution in [3.63, 3.8) is 0 Å². The fourth-order valence-corrected chi connectivity index (χ4v) is 4.59. The zero-order valence-corrected chi connectivity index (χ0v) is 17.0. The molecule has 146 valence electrons. The summed E-state index contributed by atoms with van der Waals surface area (Å²) in [6.07, 6.45) is 1.48. The highest BCUT2D eigenvalue weighted by Gasteiger charge is 2.18. The molecule has 0 aliphatic rings. The number of pyridine rings is 1. The van der Waals surface area contributed by atoms with E-state index in [1.807, 2.05) is 0 Å². The van der Waals surface area contributed by atoms with Crippen LogP contribution in [-0.2, 0) is 14.8 Å². The second-order valence-corrected chi connectivity index (χ2v) is 8.78. The molecule has 28 heavy (non-hydrogen) atoms. The van der Waals surface area contributed by atoms with E-state index in [2.05, 4.69) is 20.0 Å². The number of halogens is 2. The normalized spacial score (nSPS) is 11.3. The Kier molecular flexibility index (Phi) is 5.64. The van der Waals surface area contributed by atoms with Crippen molar-refractivity contribution in [2.75, 3.05) is 10.0 Å². The van der Waals surface area contributed by atoms with Crippen molar-refractivity contribution in [2.45, 2.75) is 18.7 Å². The van der Waals surface area contributed by atoms with Gasteiger partial charge < -0.3 is 5.32 Å². The van der Waals surface area contributed by atoms with Crippen LogP contribution in [0.15, 0.2) is 41.4 Å². The molecule has 2 heterocycles. The smallest absolute Gasteiger partial charge is 0.261 e. The van der Waals surface area contributed by atoms with Crippen LogP contribution in [0.2, 0.25) is 5.15 Å². The Morgan fingerprint density at radius 3 is 2.57 bits per heavy atom. The zero-order valence-electron chi connectivity index (χ0n) is 14.7. The molecule has 0 saturated carbocycles. The summed E-state index contributed by atoms with van der Waals surface area (Å²) >= 11 is 7.28. The van der Waals surface area contributed by atoms with Crippen LogP contribution >= 0.6 is 22.9 Å². The number of nitrogens with one attached hydrogen (secondary N) is 2. The van der Waals surface area contributed by atoms with Crippen molar-refractivity contribution in [3.05, 3.63) is 53.2 Å². The Bertz CT molecular complexity index is 1150. The van der Waals surface area contributed by atoms with Gasteiger partial charge in [-0.05, 0) is 37.3 Å². The quantitative estimate of drug-likeness (QED) is 0.582. The summed E-state index contributed by atoms with van der Waals surface area (Å²) < 4.78 is 40.5. The molecule has 0 unspecified atom stereocenters. The third-order valence-corrected chi connectivity index (χ3v) is 6.35. The lowest BCUT2D eigenvalue weighted by Crippen LogP contribution is -2.13. The van der Waals surface area contributed by atoms with Gasteiger partial charge in [0, 0.05) is 18.7 Å². The van der Waals surface area contributed by atoms with Crippen LogP contribution in [0.25, 0.3) is 10.4 Å². The molecule has 11 heteroatoms. The summed E-state index contributed by atoms with van der Waals surface area (Å²) in [6.45, 7) is 3.14. The van der Waals surface area contributed by atoms with Crippen molar-refractivity contribution in [1.82, 2.24) is 9.97 Å². The molecule has 2 N–H and O–H groups in total. The summed E-state index contributed by atoms with van der Waals surface area (Å²) in [5.41, 5.74) is 1.29. The third-order valence-electron chi connectivity index (χ3n) is 3.55. The number of carbonyl (C=O) groups excluding carboxylic acids is 1. The van der Waals surface area contributed by atoms with E-state index in [9.17, 15) is 17.6 Å². The number of nitrogens with zero attached hydrogens (tertiary/aromatic N) is 2. The Balaban J connectivity index is 1.95. The highest BCUT2D eigenvalue weighted by molar-refractivity contribution is 7.92. The fourth-order valence-electron chi connectivity index (χ4n) is 2.33. The highest BCUT2D eigenvalue weighted by atomic mass is 35.5. The van der Waals surface area contributed by atoms with Crippen molar-refractivity contribution < 1.29 is 17.6 Å². The van der Waals surface area contributed by atoms with Crippen LogP contribution < -0.4 is 10.0 Å². The predicted molar refractivity (Wildman–Crippen MR) is 107 cm³/mol. The molecule has 0 saturated heterocycles. The molecule has 0 bridgehead atoms. The molecule has 3 aromatic rings. The number of hydrogen-bond donors (Lipinski definition) is 2. The van der Waals surface area contributed by atoms with Gasteiger partial charge in [-0.2, -0.15) is 0 Å². The van der Waals surface area contributed by atoms with Crippen LogP contribution in [-0.4, -0.2) is 24.3 Å². The van der Waals surface area contributed by atoms with Crippen molar-refractivity contribution in [2.24, 2.45) is 0 Å². The number of thiazole rings is 1. The zero-order chi connectivity index (χ0) is 20.5. The molecule has 2 aromatic heterocycles. The van der Waals surface area contributed by atoms with E-state index in [0.29, 0.717) is 21.3 Å². The van der Waals surface area contributed by atoms with E-state index >= 15 is 0 Å². The molecule has 0 atom stereocenters. The first-order chi connectivity index (χ1) is 13.2. The van der Waals surface area contributed by atoms with E-state index in [1.54, 1.807) is 6.92 Å². The number of aromatic nitrogens is 2. The molecule has 1 aromatic carbocycles. The number of hydrogen-bond acceptors (Lipinski definition) is 6. The van der Waals surface area contributed by atoms with Crippen LogP contribution in [0.5, 0.6) is 0 Å². The van der Waals surface area contributed by atoms with Gasteiger partial charge in [-0.15, -0.1) is 0 Å². The van der Waals surface area contributed by atoms with E-state index in [0.717, 1.165) is 24.3 Å². The highest BCUT2D eigenvalue weighted by Crippen LogP contribution is 2.35. The van der Waals surface area contributed by atoms with Gasteiger partial charge in [-0.25, -0.2) is 22.8 Å². The van der Waals surface area contributed by atoms with E-state index in [4.69, 9.17) is 11.6 Å². The SMILES string of the molecule is CC(=O)Nc1nc(C)c(-c2cnc(Cl)c(NS(=O)(=O)c3ccc(F)cc3)c2)s1. The predicted octanol–water partition coefficient (Wildman–Crippen LogP) is 4.07. The summed E-state index contributed by atoms with van der Waals surface area (Å²) in [6, 6.07) is 5.92. The Morgan fingerprint density at radius 2 is 1.93 bits per heavy atom. The van der Waals surface area contributed by atoms with Crippen LogP contribution in [0.4, 0.5) is 15.2 Å². The molecule has 1 amide bonds. The Hall–Kier alpha value is -2.56. The van der Waals surface area contributed by atoms with Gasteiger partial charge in [0.2, 0.25) is 5.91 Å². The van der Waals surface area contributed by atoms with Crippen molar-refractivity contribution in [3.8, 4) is 10.4 Å². The van der Waals surface area contributed by atoms with Gasteiger partial charge in [-0.3, -0.25) is 9.52 Å². The van der Waals surface area contributed by atoms with Gasteiger partial charge in [0.25, 0.3) is 10.0 Å². The van der Waals surface area contributed by atoms with Crippen LogP contribution in [0, 0.1) is 12.7 Å². The first kappa shape index (κ1) is 20.2. The maximum Gasteiger partial charge on any atom is 0.261 e. The van der Waals surface area contributed by atoms with Gasteiger partial charge in [0.05, 0.1) is 21.2 Å². The number of carbonyl (C=O) groups is 1. The summed E-state index contributed by atoms with van der Waals surface area (Å²) in [4.78, 5) is 20.1. The van der Waals surface area contributed by atoms with Crippen molar-refractivity contribution in [1.29, 1.82) is 0 Å². The molecule has 0 spiro atoms. The van der Waals surface area contributed by atoms with E-state index < -0.39 is 15.8 Å². The molecule has 3 rings (SSSR count). The molecule has 0 aliphatic heterocycles. The second-order valence-electron chi connectivity index (χ2n) is 5.74. The van der Waals surface area contributed by atoms with Gasteiger partial charge in [0.15, 0.2) is 10.3 Å². The minimum atomic E-state index is -3.98. The number of sulfonamides is 1. The summed E-state index contributed by atoms with van der Waals surface area (Å²) in [7, 11) is -3.98. The maximum atomic E-state index is 13.0. The van der Waals surface area contributed by atoms with E-state index in [-0.39, 0.29) is 21.6 Å². The molecular formula is C17H14ClFN4O3S2. The van der Waals surface area contributed by atoms with Gasteiger partial charge in [0.1, 0.15) is 5.82 Å². The lowest BCUT2D eigenvalue weighted by molar-refractivity contribution is -0.114. The second kappa shape index (κ2) is 7.82. The third kappa shape index (κ3) is 4.46. The number of anilines is 2. The molecule has 0 radical (unpaired) electrons. The summed E-state index contributed by atoms with van der Waals surface area (Å²) in [5.74, 6) is -0.793. The first-order valence-corrected chi connectivity index (χ1v) is 10.5. The maximum absolute atomic E-state index is 13.0. The number of aryl methyl sites for hydroxylation is 1. The Labute approximate surface area is 169 Å². The number of rotatable bonds is 5. The lowest BCUT2D eigenvalue weighted by Gasteiger charge is -2.10. The largest absolute Gasteiger partial charge is 0.302 e.